The molecule has 1 aromatic carbocycles. The van der Waals surface area contributed by atoms with Crippen molar-refractivity contribution in [2.75, 3.05) is 0 Å². The summed E-state index contributed by atoms with van der Waals surface area (Å²) in [7, 11) is 0. The molecule has 1 aliphatic rings. The smallest absolute Gasteiger partial charge is 0.406 e. The maximum atomic E-state index is 12.0. The number of halogens is 3. The van der Waals surface area contributed by atoms with E-state index in [9.17, 15) is 18.0 Å². The zero-order chi connectivity index (χ0) is 14.8. The molecule has 1 aromatic rings. The van der Waals surface area contributed by atoms with Crippen LogP contribution in [0, 0.1) is 5.92 Å². The molecule has 1 atom stereocenters. The van der Waals surface area contributed by atoms with Gasteiger partial charge in [0.2, 0.25) is 0 Å². The van der Waals surface area contributed by atoms with Crippen LogP contribution in [0.5, 0.6) is 5.75 Å². The van der Waals surface area contributed by atoms with Gasteiger partial charge in [-0.2, -0.15) is 0 Å². The van der Waals surface area contributed by atoms with Gasteiger partial charge < -0.3 is 4.74 Å². The Balaban J connectivity index is 2.06. The SMILES string of the molecule is CC(=O)C1CC=C(c2ccc(OC(F)(F)F)cc2)CC1. The molecule has 0 radical (unpaired) electrons. The minimum Gasteiger partial charge on any atom is -0.406 e. The van der Waals surface area contributed by atoms with Gasteiger partial charge in [-0.1, -0.05) is 18.2 Å². The summed E-state index contributed by atoms with van der Waals surface area (Å²) in [5.74, 6) is 0.0417. The summed E-state index contributed by atoms with van der Waals surface area (Å²) in [5, 5.41) is 0. The van der Waals surface area contributed by atoms with E-state index in [1.165, 1.54) is 12.1 Å². The zero-order valence-corrected chi connectivity index (χ0v) is 11.0. The molecule has 0 aliphatic heterocycles. The third-order valence-corrected chi connectivity index (χ3v) is 3.44. The number of rotatable bonds is 3. The van der Waals surface area contributed by atoms with Crippen molar-refractivity contribution in [2.24, 2.45) is 5.92 Å². The summed E-state index contributed by atoms with van der Waals surface area (Å²) < 4.78 is 40.0. The first-order valence-corrected chi connectivity index (χ1v) is 6.41. The third-order valence-electron chi connectivity index (χ3n) is 3.44. The minimum atomic E-state index is -4.67. The van der Waals surface area contributed by atoms with Crippen molar-refractivity contribution in [1.29, 1.82) is 0 Å². The number of carbonyl (C=O) groups excluding carboxylic acids is 1. The van der Waals surface area contributed by atoms with Crippen molar-refractivity contribution in [3.05, 3.63) is 35.9 Å². The highest BCUT2D eigenvalue weighted by atomic mass is 19.4. The van der Waals surface area contributed by atoms with Crippen LogP contribution in [0.4, 0.5) is 13.2 Å². The average Bonchev–Trinajstić information content (AvgIpc) is 2.38. The molecule has 0 heterocycles. The molecular formula is C15H15F3O2. The molecule has 1 unspecified atom stereocenters. The van der Waals surface area contributed by atoms with Crippen LogP contribution in [0.1, 0.15) is 31.7 Å². The predicted octanol–water partition coefficient (Wildman–Crippen LogP) is 4.36. The van der Waals surface area contributed by atoms with Crippen LogP contribution in [-0.4, -0.2) is 12.1 Å². The number of allylic oxidation sites excluding steroid dienone is 2. The Labute approximate surface area is 115 Å². The first kappa shape index (κ1) is 14.6. The summed E-state index contributed by atoms with van der Waals surface area (Å²) in [6.45, 7) is 1.59. The Morgan fingerprint density at radius 1 is 1.25 bits per heavy atom. The molecule has 0 saturated carbocycles. The molecule has 0 bridgehead atoms. The fraction of sp³-hybridized carbons (Fsp3) is 0.400. The maximum Gasteiger partial charge on any atom is 0.573 e. The molecule has 0 N–H and O–H groups in total. The Hall–Kier alpha value is -1.78. The molecule has 0 spiro atoms. The van der Waals surface area contributed by atoms with Crippen LogP contribution in [0.15, 0.2) is 30.3 Å². The molecule has 0 fully saturated rings. The summed E-state index contributed by atoms with van der Waals surface area (Å²) in [4.78, 5) is 11.3. The van der Waals surface area contributed by atoms with E-state index in [-0.39, 0.29) is 17.5 Å². The molecular weight excluding hydrogens is 269 g/mol. The normalized spacial score (nSPS) is 19.4. The quantitative estimate of drug-likeness (QED) is 0.824. The Morgan fingerprint density at radius 2 is 1.90 bits per heavy atom. The fourth-order valence-electron chi connectivity index (χ4n) is 2.34. The highest BCUT2D eigenvalue weighted by molar-refractivity contribution is 5.80. The van der Waals surface area contributed by atoms with Crippen LogP contribution >= 0.6 is 0 Å². The van der Waals surface area contributed by atoms with Crippen LogP contribution in [-0.2, 0) is 4.79 Å². The topological polar surface area (TPSA) is 26.3 Å². The lowest BCUT2D eigenvalue weighted by Gasteiger charge is -2.20. The van der Waals surface area contributed by atoms with Gasteiger partial charge in [0.1, 0.15) is 11.5 Å². The molecule has 1 aliphatic carbocycles. The van der Waals surface area contributed by atoms with E-state index < -0.39 is 6.36 Å². The van der Waals surface area contributed by atoms with Gasteiger partial charge in [-0.25, -0.2) is 0 Å². The van der Waals surface area contributed by atoms with Gasteiger partial charge in [-0.15, -0.1) is 13.2 Å². The standard InChI is InChI=1S/C15H15F3O2/c1-10(19)11-2-4-12(5-3-11)13-6-8-14(9-7-13)20-15(16,17)18/h4,6-9,11H,2-3,5H2,1H3. The molecule has 5 heteroatoms. The summed E-state index contributed by atoms with van der Waals surface area (Å²) in [5.41, 5.74) is 1.95. The van der Waals surface area contributed by atoms with Gasteiger partial charge in [-0.05, 0) is 49.5 Å². The highest BCUT2D eigenvalue weighted by Crippen LogP contribution is 2.32. The Bertz CT molecular complexity index is 515. The largest absolute Gasteiger partial charge is 0.573 e. The Morgan fingerprint density at radius 3 is 2.35 bits per heavy atom. The van der Waals surface area contributed by atoms with Crippen molar-refractivity contribution >= 4 is 11.4 Å². The molecule has 2 nitrogen and oxygen atoms in total. The van der Waals surface area contributed by atoms with Crippen LogP contribution in [0.3, 0.4) is 0 Å². The predicted molar refractivity (Wildman–Crippen MR) is 69.1 cm³/mol. The molecule has 0 amide bonds. The lowest BCUT2D eigenvalue weighted by atomic mass is 9.85. The van der Waals surface area contributed by atoms with Gasteiger partial charge >= 0.3 is 6.36 Å². The van der Waals surface area contributed by atoms with E-state index in [0.29, 0.717) is 6.42 Å². The van der Waals surface area contributed by atoms with E-state index in [4.69, 9.17) is 0 Å². The fourth-order valence-corrected chi connectivity index (χ4v) is 2.34. The number of benzene rings is 1. The van der Waals surface area contributed by atoms with Crippen molar-refractivity contribution in [2.45, 2.75) is 32.5 Å². The van der Waals surface area contributed by atoms with Gasteiger partial charge in [0.25, 0.3) is 0 Å². The number of Topliss-reactive ketones (excluding diaryl/α,β-unsaturated/α-hetero) is 1. The summed E-state index contributed by atoms with van der Waals surface area (Å²) in [6.07, 6.45) is -0.410. The van der Waals surface area contributed by atoms with E-state index >= 15 is 0 Å². The molecule has 20 heavy (non-hydrogen) atoms. The number of hydrogen-bond donors (Lipinski definition) is 0. The highest BCUT2D eigenvalue weighted by Gasteiger charge is 2.31. The number of hydrogen-bond acceptors (Lipinski definition) is 2. The van der Waals surface area contributed by atoms with Gasteiger partial charge in [-0.3, -0.25) is 4.79 Å². The number of alkyl halides is 3. The van der Waals surface area contributed by atoms with Gasteiger partial charge in [0.15, 0.2) is 0 Å². The van der Waals surface area contributed by atoms with Crippen molar-refractivity contribution in [3.8, 4) is 5.75 Å². The lowest BCUT2D eigenvalue weighted by Crippen LogP contribution is -2.17. The summed E-state index contributed by atoms with van der Waals surface area (Å²) in [6, 6.07) is 5.84. The molecule has 0 saturated heterocycles. The average molecular weight is 284 g/mol. The van der Waals surface area contributed by atoms with E-state index in [1.807, 2.05) is 6.08 Å². The van der Waals surface area contributed by atoms with Gasteiger partial charge in [0, 0.05) is 5.92 Å². The van der Waals surface area contributed by atoms with E-state index in [2.05, 4.69) is 4.74 Å². The summed E-state index contributed by atoms with van der Waals surface area (Å²) >= 11 is 0. The second kappa shape index (κ2) is 5.69. The Kier molecular flexibility index (Phi) is 4.16. The lowest BCUT2D eigenvalue weighted by molar-refractivity contribution is -0.274. The van der Waals surface area contributed by atoms with Gasteiger partial charge in [0.05, 0.1) is 0 Å². The number of ether oxygens (including phenoxy) is 1. The number of carbonyl (C=O) groups is 1. The second-order valence-corrected chi connectivity index (χ2v) is 4.88. The van der Waals surface area contributed by atoms with E-state index in [1.54, 1.807) is 19.1 Å². The van der Waals surface area contributed by atoms with Crippen LogP contribution < -0.4 is 4.74 Å². The monoisotopic (exact) mass is 284 g/mol. The van der Waals surface area contributed by atoms with E-state index in [0.717, 1.165) is 24.0 Å². The third kappa shape index (κ3) is 3.85. The maximum absolute atomic E-state index is 12.0. The first-order chi connectivity index (χ1) is 9.35. The number of ketones is 1. The van der Waals surface area contributed by atoms with Crippen molar-refractivity contribution in [1.82, 2.24) is 0 Å². The first-order valence-electron chi connectivity index (χ1n) is 6.41. The molecule has 0 aromatic heterocycles. The van der Waals surface area contributed by atoms with Crippen molar-refractivity contribution < 1.29 is 22.7 Å². The molecule has 2 rings (SSSR count). The van der Waals surface area contributed by atoms with Crippen LogP contribution in [0.2, 0.25) is 0 Å². The second-order valence-electron chi connectivity index (χ2n) is 4.88. The van der Waals surface area contributed by atoms with Crippen molar-refractivity contribution in [3.63, 3.8) is 0 Å². The molecule has 108 valence electrons. The minimum absolute atomic E-state index is 0.0755. The van der Waals surface area contributed by atoms with Crippen LogP contribution in [0.25, 0.3) is 5.57 Å². The zero-order valence-electron chi connectivity index (χ0n) is 11.0.